The number of hydrogen-bond donors (Lipinski definition) is 2. The van der Waals surface area contributed by atoms with E-state index < -0.39 is 12.0 Å². The minimum Gasteiger partial charge on any atom is -0.480 e. The first-order valence-corrected chi connectivity index (χ1v) is 6.88. The summed E-state index contributed by atoms with van der Waals surface area (Å²) in [6, 6.07) is 14.9. The summed E-state index contributed by atoms with van der Waals surface area (Å²) >= 11 is 0. The molecule has 0 spiro atoms. The van der Waals surface area contributed by atoms with Gasteiger partial charge in [-0.1, -0.05) is 12.1 Å². The third kappa shape index (κ3) is 4.08. The molecule has 23 heavy (non-hydrogen) atoms. The van der Waals surface area contributed by atoms with Crippen LogP contribution >= 0.6 is 0 Å². The van der Waals surface area contributed by atoms with Crippen LogP contribution in [0.2, 0.25) is 0 Å². The van der Waals surface area contributed by atoms with Crippen molar-refractivity contribution in [2.24, 2.45) is 5.73 Å². The average Bonchev–Trinajstić information content (AvgIpc) is 2.55. The number of nitrogens with one attached hydrogen (secondary N) is 1. The lowest BCUT2D eigenvalue weighted by Gasteiger charge is -2.15. The van der Waals surface area contributed by atoms with Crippen LogP contribution in [-0.4, -0.2) is 17.9 Å². The molecule has 0 aliphatic rings. The van der Waals surface area contributed by atoms with Crippen molar-refractivity contribution in [3.05, 3.63) is 59.7 Å². The van der Waals surface area contributed by atoms with Crippen LogP contribution in [0.15, 0.2) is 48.5 Å². The largest absolute Gasteiger partial charge is 0.480 e. The maximum absolute atomic E-state index is 12.1. The van der Waals surface area contributed by atoms with Crippen molar-refractivity contribution >= 4 is 17.5 Å². The van der Waals surface area contributed by atoms with Gasteiger partial charge in [0, 0.05) is 11.3 Å². The molecule has 116 valence electrons. The molecule has 2 amide bonds. The summed E-state index contributed by atoms with van der Waals surface area (Å²) in [5.74, 6) is -0.556. The Hall–Kier alpha value is -3.33. The Morgan fingerprint density at radius 3 is 2.43 bits per heavy atom. The maximum Gasteiger partial charge on any atom is 0.265 e. The zero-order valence-corrected chi connectivity index (χ0v) is 12.4. The molecule has 2 rings (SSSR count). The number of rotatable bonds is 5. The number of anilines is 1. The maximum atomic E-state index is 12.1. The lowest BCUT2D eigenvalue weighted by atomic mass is 10.2. The van der Waals surface area contributed by atoms with E-state index in [1.807, 2.05) is 6.07 Å². The van der Waals surface area contributed by atoms with Gasteiger partial charge >= 0.3 is 0 Å². The van der Waals surface area contributed by atoms with Crippen LogP contribution in [0, 0.1) is 11.3 Å². The van der Waals surface area contributed by atoms with E-state index in [9.17, 15) is 9.59 Å². The Kier molecular flexibility index (Phi) is 4.95. The second-order valence-corrected chi connectivity index (χ2v) is 4.80. The number of ether oxygens (including phenoxy) is 1. The van der Waals surface area contributed by atoms with Crippen molar-refractivity contribution in [3.8, 4) is 11.8 Å². The smallest absolute Gasteiger partial charge is 0.265 e. The SMILES string of the molecule is C[C@@H](Oc1ccccc1C#N)C(=O)Nc1ccc(C(N)=O)cc1. The van der Waals surface area contributed by atoms with E-state index in [0.29, 0.717) is 22.6 Å². The van der Waals surface area contributed by atoms with Gasteiger partial charge < -0.3 is 15.8 Å². The molecular formula is C17H15N3O3. The van der Waals surface area contributed by atoms with E-state index >= 15 is 0 Å². The Morgan fingerprint density at radius 2 is 1.83 bits per heavy atom. The summed E-state index contributed by atoms with van der Waals surface area (Å²) in [6.45, 7) is 1.58. The van der Waals surface area contributed by atoms with Gasteiger partial charge in [0.25, 0.3) is 5.91 Å². The molecule has 0 aliphatic heterocycles. The number of carbonyl (C=O) groups excluding carboxylic acids is 2. The quantitative estimate of drug-likeness (QED) is 0.881. The van der Waals surface area contributed by atoms with E-state index in [2.05, 4.69) is 5.32 Å². The minimum absolute atomic E-state index is 0.349. The van der Waals surface area contributed by atoms with Crippen molar-refractivity contribution in [2.75, 3.05) is 5.32 Å². The highest BCUT2D eigenvalue weighted by Crippen LogP contribution is 2.18. The molecule has 0 bridgehead atoms. The minimum atomic E-state index is -0.791. The number of para-hydroxylation sites is 1. The first-order valence-electron chi connectivity index (χ1n) is 6.88. The van der Waals surface area contributed by atoms with Gasteiger partial charge in [-0.3, -0.25) is 9.59 Å². The Balaban J connectivity index is 2.02. The summed E-state index contributed by atoms with van der Waals surface area (Å²) in [5.41, 5.74) is 6.39. The third-order valence-corrected chi connectivity index (χ3v) is 3.12. The molecule has 2 aromatic rings. The van der Waals surface area contributed by atoms with Crippen LogP contribution in [0.25, 0.3) is 0 Å². The number of benzene rings is 2. The second-order valence-electron chi connectivity index (χ2n) is 4.80. The highest BCUT2D eigenvalue weighted by molar-refractivity contribution is 5.96. The van der Waals surface area contributed by atoms with E-state index in [0.717, 1.165) is 0 Å². The number of nitriles is 1. The number of primary amides is 1. The monoisotopic (exact) mass is 309 g/mol. The molecule has 0 aromatic heterocycles. The molecule has 6 nitrogen and oxygen atoms in total. The summed E-state index contributed by atoms with van der Waals surface area (Å²) in [5, 5.41) is 11.7. The van der Waals surface area contributed by atoms with Gasteiger partial charge in [-0.2, -0.15) is 5.26 Å². The lowest BCUT2D eigenvalue weighted by Crippen LogP contribution is -2.30. The summed E-state index contributed by atoms with van der Waals surface area (Å²) in [4.78, 5) is 23.1. The normalized spacial score (nSPS) is 11.1. The van der Waals surface area contributed by atoms with E-state index in [1.165, 1.54) is 12.1 Å². The standard InChI is InChI=1S/C17H15N3O3/c1-11(23-15-5-3-2-4-13(15)10-18)17(22)20-14-8-6-12(7-9-14)16(19)21/h2-9,11H,1H3,(H2,19,21)(H,20,22)/t11-/m1/s1. The molecule has 0 unspecified atom stereocenters. The molecule has 6 heteroatoms. The molecule has 0 aliphatic carbocycles. The van der Waals surface area contributed by atoms with Crippen molar-refractivity contribution in [1.82, 2.24) is 0 Å². The number of carbonyl (C=O) groups is 2. The number of amides is 2. The van der Waals surface area contributed by atoms with Gasteiger partial charge in [0.1, 0.15) is 11.8 Å². The van der Waals surface area contributed by atoms with Crippen molar-refractivity contribution in [1.29, 1.82) is 5.26 Å². The average molecular weight is 309 g/mol. The fraction of sp³-hybridized carbons (Fsp3) is 0.118. The predicted octanol–water partition coefficient (Wildman–Crippen LogP) is 2.06. The van der Waals surface area contributed by atoms with Crippen LogP contribution in [0.4, 0.5) is 5.69 Å². The number of nitrogens with zero attached hydrogens (tertiary/aromatic N) is 1. The summed E-state index contributed by atoms with van der Waals surface area (Å²) in [7, 11) is 0. The van der Waals surface area contributed by atoms with E-state index in [-0.39, 0.29) is 5.91 Å². The molecular weight excluding hydrogens is 294 g/mol. The number of nitrogens with two attached hydrogens (primary N) is 1. The van der Waals surface area contributed by atoms with E-state index in [1.54, 1.807) is 43.3 Å². The molecule has 3 N–H and O–H groups in total. The predicted molar refractivity (Wildman–Crippen MR) is 84.8 cm³/mol. The zero-order chi connectivity index (χ0) is 16.8. The van der Waals surface area contributed by atoms with Crippen LogP contribution < -0.4 is 15.8 Å². The number of hydrogen-bond acceptors (Lipinski definition) is 4. The fourth-order valence-corrected chi connectivity index (χ4v) is 1.87. The lowest BCUT2D eigenvalue weighted by molar-refractivity contribution is -0.122. The Morgan fingerprint density at radius 1 is 1.17 bits per heavy atom. The fourth-order valence-electron chi connectivity index (χ4n) is 1.87. The summed E-state index contributed by atoms with van der Waals surface area (Å²) in [6.07, 6.45) is -0.791. The Labute approximate surface area is 133 Å². The van der Waals surface area contributed by atoms with Crippen molar-refractivity contribution in [3.63, 3.8) is 0 Å². The van der Waals surface area contributed by atoms with Crippen LogP contribution in [0.5, 0.6) is 5.75 Å². The van der Waals surface area contributed by atoms with Gasteiger partial charge in [-0.25, -0.2) is 0 Å². The second kappa shape index (κ2) is 7.09. The highest BCUT2D eigenvalue weighted by atomic mass is 16.5. The van der Waals surface area contributed by atoms with Crippen molar-refractivity contribution in [2.45, 2.75) is 13.0 Å². The molecule has 0 saturated carbocycles. The van der Waals surface area contributed by atoms with Crippen LogP contribution in [0.3, 0.4) is 0 Å². The first kappa shape index (κ1) is 16.0. The van der Waals surface area contributed by atoms with E-state index in [4.69, 9.17) is 15.7 Å². The first-order chi connectivity index (χ1) is 11.0. The third-order valence-electron chi connectivity index (χ3n) is 3.12. The van der Waals surface area contributed by atoms with Gasteiger partial charge in [0.05, 0.1) is 5.56 Å². The van der Waals surface area contributed by atoms with Gasteiger partial charge in [0.2, 0.25) is 5.91 Å². The van der Waals surface area contributed by atoms with Gasteiger partial charge in [-0.05, 0) is 43.3 Å². The van der Waals surface area contributed by atoms with Crippen LogP contribution in [0.1, 0.15) is 22.8 Å². The van der Waals surface area contributed by atoms with Gasteiger partial charge in [-0.15, -0.1) is 0 Å². The molecule has 0 radical (unpaired) electrons. The van der Waals surface area contributed by atoms with Crippen molar-refractivity contribution < 1.29 is 14.3 Å². The van der Waals surface area contributed by atoms with Crippen LogP contribution in [-0.2, 0) is 4.79 Å². The summed E-state index contributed by atoms with van der Waals surface area (Å²) < 4.78 is 5.52. The topological polar surface area (TPSA) is 105 Å². The highest BCUT2D eigenvalue weighted by Gasteiger charge is 2.16. The molecule has 1 atom stereocenters. The zero-order valence-electron chi connectivity index (χ0n) is 12.4. The molecule has 0 heterocycles. The molecule has 2 aromatic carbocycles. The molecule has 0 fully saturated rings. The Bertz CT molecular complexity index is 763. The van der Waals surface area contributed by atoms with Gasteiger partial charge in [0.15, 0.2) is 6.10 Å². The molecule has 0 saturated heterocycles.